The molecule has 1 amide bonds. The van der Waals surface area contributed by atoms with Gasteiger partial charge in [0.15, 0.2) is 0 Å². The number of piperidine rings is 1. The molecule has 142 valence electrons. The first-order valence-corrected chi connectivity index (χ1v) is 10.9. The summed E-state index contributed by atoms with van der Waals surface area (Å²) >= 11 is 3.28. The lowest BCUT2D eigenvalue weighted by atomic mass is 9.87. The molecule has 1 aliphatic rings. The summed E-state index contributed by atoms with van der Waals surface area (Å²) in [6.07, 6.45) is 3.96. The van der Waals surface area contributed by atoms with Crippen molar-refractivity contribution < 1.29 is 4.79 Å². The minimum Gasteiger partial charge on any atom is -0.344 e. The molecule has 0 N–H and O–H groups in total. The number of rotatable bonds is 4. The molecule has 5 nitrogen and oxygen atoms in total. The van der Waals surface area contributed by atoms with Gasteiger partial charge < -0.3 is 4.90 Å². The fraction of sp³-hybridized carbons (Fsp3) is 0.450. The van der Waals surface area contributed by atoms with E-state index in [1.807, 2.05) is 31.9 Å². The van der Waals surface area contributed by atoms with Crippen molar-refractivity contribution in [3.63, 3.8) is 0 Å². The van der Waals surface area contributed by atoms with Crippen molar-refractivity contribution in [2.45, 2.75) is 32.2 Å². The lowest BCUT2D eigenvalue weighted by Crippen LogP contribution is -2.33. The van der Waals surface area contributed by atoms with Crippen molar-refractivity contribution in [3.8, 4) is 0 Å². The molecule has 27 heavy (non-hydrogen) atoms. The van der Waals surface area contributed by atoms with E-state index in [1.54, 1.807) is 16.2 Å². The van der Waals surface area contributed by atoms with Crippen LogP contribution in [-0.4, -0.2) is 52.9 Å². The van der Waals surface area contributed by atoms with Crippen molar-refractivity contribution in [2.75, 3.05) is 27.2 Å². The van der Waals surface area contributed by atoms with Crippen LogP contribution in [0.4, 0.5) is 0 Å². The second kappa shape index (κ2) is 7.66. The summed E-state index contributed by atoms with van der Waals surface area (Å²) in [5, 5.41) is 1.16. The number of aryl methyl sites for hydroxylation is 1. The van der Waals surface area contributed by atoms with Gasteiger partial charge in [0.2, 0.25) is 0 Å². The van der Waals surface area contributed by atoms with Gasteiger partial charge >= 0.3 is 0 Å². The fourth-order valence-corrected chi connectivity index (χ4v) is 5.85. The zero-order valence-corrected chi connectivity index (χ0v) is 17.6. The summed E-state index contributed by atoms with van der Waals surface area (Å²) in [6.45, 7) is 5.17. The topological polar surface area (TPSA) is 49.3 Å². The molecule has 0 radical (unpaired) electrons. The molecular weight excluding hydrogens is 376 g/mol. The van der Waals surface area contributed by atoms with Crippen LogP contribution in [-0.2, 0) is 6.54 Å². The average molecular weight is 401 g/mol. The van der Waals surface area contributed by atoms with Crippen LogP contribution in [0.5, 0.6) is 0 Å². The largest absolute Gasteiger partial charge is 0.344 e. The van der Waals surface area contributed by atoms with E-state index in [0.717, 1.165) is 53.3 Å². The van der Waals surface area contributed by atoms with Gasteiger partial charge in [-0.1, -0.05) is 6.07 Å². The number of carbonyl (C=O) groups excluding carboxylic acids is 1. The van der Waals surface area contributed by atoms with Gasteiger partial charge in [0.1, 0.15) is 4.83 Å². The molecule has 0 aliphatic carbocycles. The Morgan fingerprint density at radius 3 is 2.74 bits per heavy atom. The lowest BCUT2D eigenvalue weighted by Gasteiger charge is -2.32. The third-order valence-electron chi connectivity index (χ3n) is 5.31. The number of nitrogens with zero attached hydrogens (tertiary/aromatic N) is 4. The molecule has 3 aromatic rings. The van der Waals surface area contributed by atoms with E-state index in [9.17, 15) is 4.79 Å². The highest BCUT2D eigenvalue weighted by Gasteiger charge is 2.29. The van der Waals surface area contributed by atoms with E-state index in [0.29, 0.717) is 5.92 Å². The van der Waals surface area contributed by atoms with Crippen LogP contribution in [0, 0.1) is 6.92 Å². The molecule has 4 heterocycles. The summed E-state index contributed by atoms with van der Waals surface area (Å²) in [7, 11) is 3.65. The van der Waals surface area contributed by atoms with Gasteiger partial charge in [0.25, 0.3) is 5.91 Å². The van der Waals surface area contributed by atoms with Gasteiger partial charge in [-0.2, -0.15) is 0 Å². The van der Waals surface area contributed by atoms with Crippen molar-refractivity contribution >= 4 is 38.8 Å². The maximum atomic E-state index is 12.8. The fourth-order valence-electron chi connectivity index (χ4n) is 3.78. The SMILES string of the molecule is Cc1ncsc1CN1CCC(c2c(C(=O)N(C)C)sc3ncccc23)CC1. The van der Waals surface area contributed by atoms with Crippen LogP contribution in [0.3, 0.4) is 0 Å². The number of pyridine rings is 1. The van der Waals surface area contributed by atoms with Gasteiger partial charge in [-0.25, -0.2) is 9.97 Å². The molecule has 0 aromatic carbocycles. The van der Waals surface area contributed by atoms with Crippen molar-refractivity contribution in [2.24, 2.45) is 0 Å². The maximum absolute atomic E-state index is 12.8. The number of amides is 1. The third-order valence-corrected chi connectivity index (χ3v) is 7.35. The second-order valence-corrected chi connectivity index (χ2v) is 9.25. The highest BCUT2D eigenvalue weighted by atomic mass is 32.1. The summed E-state index contributed by atoms with van der Waals surface area (Å²) < 4.78 is 0. The monoisotopic (exact) mass is 400 g/mol. The summed E-state index contributed by atoms with van der Waals surface area (Å²) in [6, 6.07) is 4.10. The Kier molecular flexibility index (Phi) is 5.25. The summed E-state index contributed by atoms with van der Waals surface area (Å²) in [5.74, 6) is 0.511. The molecule has 4 rings (SSSR count). The van der Waals surface area contributed by atoms with E-state index >= 15 is 0 Å². The van der Waals surface area contributed by atoms with Crippen LogP contribution >= 0.6 is 22.7 Å². The van der Waals surface area contributed by atoms with Crippen LogP contribution in [0.2, 0.25) is 0 Å². The van der Waals surface area contributed by atoms with Gasteiger partial charge in [-0.05, 0) is 50.4 Å². The van der Waals surface area contributed by atoms with Crippen molar-refractivity contribution in [3.05, 3.63) is 44.9 Å². The van der Waals surface area contributed by atoms with E-state index in [-0.39, 0.29) is 5.91 Å². The Labute approximate surface area is 167 Å². The van der Waals surface area contributed by atoms with Crippen LogP contribution < -0.4 is 0 Å². The first-order chi connectivity index (χ1) is 13.0. The first-order valence-electron chi connectivity index (χ1n) is 9.25. The predicted molar refractivity (Wildman–Crippen MR) is 112 cm³/mol. The van der Waals surface area contributed by atoms with Gasteiger partial charge in [0.05, 0.1) is 16.1 Å². The van der Waals surface area contributed by atoms with Gasteiger partial charge in [-0.15, -0.1) is 22.7 Å². The molecule has 0 atom stereocenters. The first kappa shape index (κ1) is 18.5. The van der Waals surface area contributed by atoms with E-state index < -0.39 is 0 Å². The molecule has 1 aliphatic heterocycles. The van der Waals surface area contributed by atoms with E-state index in [4.69, 9.17) is 0 Å². The molecular formula is C20H24N4OS2. The predicted octanol–water partition coefficient (Wildman–Crippen LogP) is 4.14. The average Bonchev–Trinajstić information content (AvgIpc) is 3.25. The Bertz CT molecular complexity index is 954. The molecule has 0 saturated carbocycles. The minimum atomic E-state index is 0.0933. The van der Waals surface area contributed by atoms with Crippen LogP contribution in [0.15, 0.2) is 23.8 Å². The zero-order chi connectivity index (χ0) is 19.0. The third kappa shape index (κ3) is 3.63. The standard InChI is InChI=1S/C20H24N4OS2/c1-13-16(26-12-22-13)11-24-9-6-14(7-10-24)17-15-5-4-8-21-19(15)27-18(17)20(25)23(2)3/h4-5,8,12,14H,6-7,9-11H2,1-3H3. The highest BCUT2D eigenvalue weighted by molar-refractivity contribution is 7.20. The molecule has 0 spiro atoms. The summed E-state index contributed by atoms with van der Waals surface area (Å²) in [5.41, 5.74) is 4.30. The number of fused-ring (bicyclic) bond motifs is 1. The Morgan fingerprint density at radius 2 is 2.07 bits per heavy atom. The Hall–Kier alpha value is -1.83. The Balaban J connectivity index is 1.57. The lowest BCUT2D eigenvalue weighted by molar-refractivity contribution is 0.0830. The minimum absolute atomic E-state index is 0.0933. The number of hydrogen-bond acceptors (Lipinski definition) is 6. The number of likely N-dealkylation sites (tertiary alicyclic amines) is 1. The molecule has 1 saturated heterocycles. The second-order valence-electron chi connectivity index (χ2n) is 7.31. The quantitative estimate of drug-likeness (QED) is 0.660. The Morgan fingerprint density at radius 1 is 1.30 bits per heavy atom. The number of carbonyl (C=O) groups is 1. The zero-order valence-electron chi connectivity index (χ0n) is 15.9. The maximum Gasteiger partial charge on any atom is 0.263 e. The highest BCUT2D eigenvalue weighted by Crippen LogP contribution is 2.40. The number of hydrogen-bond donors (Lipinski definition) is 0. The number of aromatic nitrogens is 2. The summed E-state index contributed by atoms with van der Waals surface area (Å²) in [4.78, 5) is 29.0. The van der Waals surface area contributed by atoms with E-state index in [2.05, 4.69) is 27.9 Å². The number of thiazole rings is 1. The molecule has 0 bridgehead atoms. The van der Waals surface area contributed by atoms with E-state index in [1.165, 1.54) is 21.8 Å². The smallest absolute Gasteiger partial charge is 0.263 e. The van der Waals surface area contributed by atoms with Crippen LogP contribution in [0.25, 0.3) is 10.2 Å². The number of thiophene rings is 1. The molecule has 0 unspecified atom stereocenters. The van der Waals surface area contributed by atoms with Crippen LogP contribution in [0.1, 0.15) is 44.6 Å². The van der Waals surface area contributed by atoms with Gasteiger partial charge in [-0.3, -0.25) is 9.69 Å². The molecule has 1 fully saturated rings. The van der Waals surface area contributed by atoms with Gasteiger partial charge in [0, 0.05) is 37.1 Å². The molecule has 3 aromatic heterocycles. The molecule has 7 heteroatoms. The normalized spacial score (nSPS) is 16.1. The van der Waals surface area contributed by atoms with Crippen molar-refractivity contribution in [1.29, 1.82) is 0 Å². The van der Waals surface area contributed by atoms with Crippen molar-refractivity contribution in [1.82, 2.24) is 19.8 Å².